The molecule has 1 heterocycles. The van der Waals surface area contributed by atoms with Crippen LogP contribution in [0.25, 0.3) is 0 Å². The summed E-state index contributed by atoms with van der Waals surface area (Å²) in [5.74, 6) is 0. The molecule has 2 N–H and O–H groups in total. The lowest BCUT2D eigenvalue weighted by molar-refractivity contribution is -0.672. The molecule has 2 nitrogen and oxygen atoms in total. The molecule has 0 amide bonds. The Labute approximate surface area is 94.4 Å². The van der Waals surface area contributed by atoms with Crippen LogP contribution in [0.3, 0.4) is 0 Å². The van der Waals surface area contributed by atoms with Crippen LogP contribution in [0.5, 0.6) is 0 Å². The van der Waals surface area contributed by atoms with Crippen LogP contribution in [0.15, 0.2) is 0 Å². The molecule has 0 bridgehead atoms. The molecule has 1 aliphatic heterocycles. The van der Waals surface area contributed by atoms with Crippen molar-refractivity contribution in [3.8, 4) is 0 Å². The lowest BCUT2D eigenvalue weighted by atomic mass is 10.2. The van der Waals surface area contributed by atoms with Crippen LogP contribution in [0.4, 0.5) is 26.3 Å². The molecule has 98 valence electrons. The molecule has 9 heteroatoms. The molecule has 0 aromatic heterocycles. The number of rotatable bonds is 2. The van der Waals surface area contributed by atoms with Gasteiger partial charge >= 0.3 is 12.6 Å². The Bertz CT molecular complexity index is 196. The van der Waals surface area contributed by atoms with Gasteiger partial charge in [-0.2, -0.15) is 26.3 Å². The summed E-state index contributed by atoms with van der Waals surface area (Å²) in [6.07, 6.45) is -9.65. The zero-order valence-electron chi connectivity index (χ0n) is 8.11. The van der Waals surface area contributed by atoms with E-state index in [1.165, 1.54) is 5.32 Å². The molecular formula is C7H12ClF6N2+. The molecule has 1 unspecified atom stereocenters. The topological polar surface area (TPSA) is 19.9 Å². The molecule has 0 radical (unpaired) electrons. The van der Waals surface area contributed by atoms with Crippen molar-refractivity contribution in [2.45, 2.75) is 31.5 Å². The summed E-state index contributed by atoms with van der Waals surface area (Å²) < 4.78 is 72.4. The van der Waals surface area contributed by atoms with Crippen LogP contribution in [-0.2, 0) is 0 Å². The summed E-state index contributed by atoms with van der Waals surface area (Å²) in [5.41, 5.74) is 0. The summed E-state index contributed by atoms with van der Waals surface area (Å²) in [4.78, 5) is -1.35. The molecule has 0 spiro atoms. The fourth-order valence-corrected chi connectivity index (χ4v) is 1.60. The van der Waals surface area contributed by atoms with Crippen LogP contribution in [0.2, 0.25) is 0 Å². The summed E-state index contributed by atoms with van der Waals surface area (Å²) in [7, 11) is 0. The summed E-state index contributed by atoms with van der Waals surface area (Å²) >= 11 is 0. The van der Waals surface area contributed by atoms with Gasteiger partial charge in [-0.15, -0.1) is 17.3 Å². The van der Waals surface area contributed by atoms with Crippen LogP contribution < -0.4 is 5.32 Å². The Kier molecular flexibility index (Phi) is 5.34. The Morgan fingerprint density at radius 2 is 1.56 bits per heavy atom. The van der Waals surface area contributed by atoms with Crippen molar-refractivity contribution in [1.29, 1.82) is 0 Å². The van der Waals surface area contributed by atoms with Crippen LogP contribution in [-0.4, -0.2) is 36.6 Å². The molecular weight excluding hydrogens is 262 g/mol. The second kappa shape index (κ2) is 5.42. The summed E-state index contributed by atoms with van der Waals surface area (Å²) in [6, 6.07) is -0.617. The highest BCUT2D eigenvalue weighted by molar-refractivity contribution is 5.85. The van der Waals surface area contributed by atoms with Gasteiger partial charge in [0.2, 0.25) is 0 Å². The molecule has 0 aliphatic carbocycles. The number of alkyl halides is 6. The van der Waals surface area contributed by atoms with Crippen LogP contribution in [0, 0.1) is 0 Å². The summed E-state index contributed by atoms with van der Waals surface area (Å²) in [6.45, 7) is -0.429. The first kappa shape index (κ1) is 15.8. The third-order valence-corrected chi connectivity index (χ3v) is 2.31. The molecule has 1 aliphatic rings. The van der Waals surface area contributed by atoms with E-state index in [1.807, 2.05) is 0 Å². The van der Waals surface area contributed by atoms with E-state index < -0.39 is 30.1 Å². The minimum atomic E-state index is -5.35. The van der Waals surface area contributed by atoms with Gasteiger partial charge in [0.15, 0.2) is 0 Å². The minimum Gasteiger partial charge on any atom is -0.343 e. The third-order valence-electron chi connectivity index (χ3n) is 2.31. The van der Waals surface area contributed by atoms with E-state index in [2.05, 4.69) is 0 Å². The SMILES string of the molecule is Cl.FC(F)(F)N(CC1CCC[NH2+]1)C(F)(F)F. The van der Waals surface area contributed by atoms with Crippen LogP contribution >= 0.6 is 12.4 Å². The van der Waals surface area contributed by atoms with Crippen molar-refractivity contribution >= 4 is 12.4 Å². The first-order chi connectivity index (χ1) is 6.71. The Morgan fingerprint density at radius 1 is 1.06 bits per heavy atom. The van der Waals surface area contributed by atoms with Gasteiger partial charge in [0.05, 0.1) is 19.1 Å². The maximum atomic E-state index is 12.1. The Hall–Kier alpha value is -0.210. The van der Waals surface area contributed by atoms with E-state index in [4.69, 9.17) is 0 Å². The highest BCUT2D eigenvalue weighted by atomic mass is 35.5. The standard InChI is InChI=1S/C7H10F6N2.ClH/c8-6(9,10)15(7(11,12)13)4-5-2-1-3-14-5;/h5,14H,1-4H2;1H/p+1. The zero-order valence-corrected chi connectivity index (χ0v) is 8.92. The highest BCUT2D eigenvalue weighted by Crippen LogP contribution is 2.33. The second-order valence-corrected chi connectivity index (χ2v) is 3.47. The van der Waals surface area contributed by atoms with Gasteiger partial charge in [-0.1, -0.05) is 0 Å². The van der Waals surface area contributed by atoms with Gasteiger partial charge in [-0.05, 0) is 0 Å². The lowest BCUT2D eigenvalue weighted by Crippen LogP contribution is -2.88. The van der Waals surface area contributed by atoms with Gasteiger partial charge in [0.25, 0.3) is 0 Å². The van der Waals surface area contributed by atoms with Gasteiger partial charge in [-0.25, -0.2) is 0 Å². The first-order valence-electron chi connectivity index (χ1n) is 4.46. The van der Waals surface area contributed by atoms with Crippen molar-refractivity contribution < 1.29 is 31.7 Å². The second-order valence-electron chi connectivity index (χ2n) is 3.47. The number of nitrogens with zero attached hydrogens (tertiary/aromatic N) is 1. The molecule has 0 aromatic carbocycles. The van der Waals surface area contributed by atoms with E-state index in [9.17, 15) is 26.3 Å². The minimum absolute atomic E-state index is 0. The first-order valence-corrected chi connectivity index (χ1v) is 4.46. The fraction of sp³-hybridized carbons (Fsp3) is 1.00. The van der Waals surface area contributed by atoms with Crippen molar-refractivity contribution in [1.82, 2.24) is 4.90 Å². The molecule has 1 fully saturated rings. The van der Waals surface area contributed by atoms with Crippen LogP contribution in [0.1, 0.15) is 12.8 Å². The fourth-order valence-electron chi connectivity index (χ4n) is 1.60. The van der Waals surface area contributed by atoms with Gasteiger partial charge in [0.1, 0.15) is 0 Å². The van der Waals surface area contributed by atoms with E-state index >= 15 is 0 Å². The molecule has 0 aromatic rings. The molecule has 0 saturated carbocycles. The maximum Gasteiger partial charge on any atom is 0.467 e. The quantitative estimate of drug-likeness (QED) is 0.597. The molecule has 16 heavy (non-hydrogen) atoms. The normalized spacial score (nSPS) is 22.3. The van der Waals surface area contributed by atoms with Gasteiger partial charge in [0, 0.05) is 12.8 Å². The number of hydrogen-bond acceptors (Lipinski definition) is 1. The van der Waals surface area contributed by atoms with E-state index in [1.54, 1.807) is 0 Å². The average Bonchev–Trinajstić information content (AvgIpc) is 2.46. The number of nitrogens with two attached hydrogens (primary N) is 1. The van der Waals surface area contributed by atoms with E-state index in [0.717, 1.165) is 0 Å². The molecule has 1 saturated heterocycles. The molecule has 1 atom stereocenters. The van der Waals surface area contributed by atoms with Crippen molar-refractivity contribution in [3.63, 3.8) is 0 Å². The van der Waals surface area contributed by atoms with Gasteiger partial charge < -0.3 is 5.32 Å². The van der Waals surface area contributed by atoms with Crippen molar-refractivity contribution in [3.05, 3.63) is 0 Å². The van der Waals surface area contributed by atoms with Gasteiger partial charge in [-0.3, -0.25) is 0 Å². The largest absolute Gasteiger partial charge is 0.467 e. The number of quaternary nitrogens is 1. The highest BCUT2D eigenvalue weighted by Gasteiger charge is 2.54. The number of halogens is 7. The Morgan fingerprint density at radius 3 is 1.88 bits per heavy atom. The monoisotopic (exact) mass is 273 g/mol. The van der Waals surface area contributed by atoms with Crippen molar-refractivity contribution in [2.24, 2.45) is 0 Å². The van der Waals surface area contributed by atoms with E-state index in [0.29, 0.717) is 19.4 Å². The molecule has 1 rings (SSSR count). The summed E-state index contributed by atoms with van der Waals surface area (Å²) in [5, 5.41) is 1.52. The predicted molar refractivity (Wildman–Crippen MR) is 45.9 cm³/mol. The lowest BCUT2D eigenvalue weighted by Gasteiger charge is -2.27. The predicted octanol–water partition coefficient (Wildman–Crippen LogP) is 1.48. The average molecular weight is 274 g/mol. The zero-order chi connectivity index (χ0) is 11.7. The van der Waals surface area contributed by atoms with Crippen molar-refractivity contribution in [2.75, 3.05) is 13.1 Å². The smallest absolute Gasteiger partial charge is 0.343 e. The maximum absolute atomic E-state index is 12.1. The number of hydrogen-bond donors (Lipinski definition) is 1. The van der Waals surface area contributed by atoms with E-state index in [-0.39, 0.29) is 12.4 Å². The Balaban J connectivity index is 0.00000225. The third kappa shape index (κ3) is 4.34.